The summed E-state index contributed by atoms with van der Waals surface area (Å²) in [6, 6.07) is 10.3. The minimum absolute atomic E-state index is 0.0784. The fourth-order valence-electron chi connectivity index (χ4n) is 3.22. The van der Waals surface area contributed by atoms with Crippen molar-refractivity contribution in [2.45, 2.75) is 32.0 Å². The van der Waals surface area contributed by atoms with Crippen molar-refractivity contribution in [2.75, 3.05) is 25.0 Å². The van der Waals surface area contributed by atoms with E-state index in [1.807, 2.05) is 4.90 Å². The number of nitrogens with one attached hydrogen (secondary N) is 1. The molecule has 1 heterocycles. The number of amides is 1. The van der Waals surface area contributed by atoms with Gasteiger partial charge in [-0.1, -0.05) is 12.1 Å². The zero-order chi connectivity index (χ0) is 20.3. The lowest BCUT2D eigenvalue weighted by Gasteiger charge is -2.42. The van der Waals surface area contributed by atoms with Crippen molar-refractivity contribution in [2.24, 2.45) is 0 Å². The summed E-state index contributed by atoms with van der Waals surface area (Å²) in [5.41, 5.74) is -0.287. The molecule has 3 rings (SSSR count). The predicted molar refractivity (Wildman–Crippen MR) is 102 cm³/mol. The van der Waals surface area contributed by atoms with E-state index in [1.165, 1.54) is 24.3 Å². The molecule has 0 aromatic heterocycles. The SMILES string of the molecule is Cc1c(F)cccc1NC(=O)CN1CC[C@](C)(O)[C@@H](Oc2cccc(F)c2)C1. The molecule has 150 valence electrons. The van der Waals surface area contributed by atoms with Crippen LogP contribution in [-0.2, 0) is 4.79 Å². The van der Waals surface area contributed by atoms with Crippen molar-refractivity contribution in [1.29, 1.82) is 0 Å². The highest BCUT2D eigenvalue weighted by Gasteiger charge is 2.39. The van der Waals surface area contributed by atoms with Crippen molar-refractivity contribution in [3.05, 3.63) is 59.7 Å². The van der Waals surface area contributed by atoms with Gasteiger partial charge in [0.05, 0.1) is 6.54 Å². The maximum Gasteiger partial charge on any atom is 0.238 e. The molecule has 2 atom stereocenters. The number of piperidine rings is 1. The monoisotopic (exact) mass is 390 g/mol. The summed E-state index contributed by atoms with van der Waals surface area (Å²) in [6.07, 6.45) is -0.217. The van der Waals surface area contributed by atoms with Gasteiger partial charge < -0.3 is 15.2 Å². The maximum absolute atomic E-state index is 13.6. The first kappa shape index (κ1) is 20.2. The van der Waals surface area contributed by atoms with Gasteiger partial charge in [-0.3, -0.25) is 9.69 Å². The summed E-state index contributed by atoms with van der Waals surface area (Å²) in [6.45, 7) is 4.16. The molecule has 0 radical (unpaired) electrons. The number of carbonyl (C=O) groups excluding carboxylic acids is 1. The van der Waals surface area contributed by atoms with E-state index >= 15 is 0 Å². The topological polar surface area (TPSA) is 61.8 Å². The molecule has 28 heavy (non-hydrogen) atoms. The lowest BCUT2D eigenvalue weighted by molar-refractivity contribution is -0.122. The average molecular weight is 390 g/mol. The van der Waals surface area contributed by atoms with E-state index in [4.69, 9.17) is 4.74 Å². The smallest absolute Gasteiger partial charge is 0.238 e. The molecule has 0 unspecified atom stereocenters. The molecule has 2 aromatic rings. The van der Waals surface area contributed by atoms with Crippen LogP contribution in [0.2, 0.25) is 0 Å². The zero-order valence-corrected chi connectivity index (χ0v) is 15.9. The molecule has 1 aliphatic heterocycles. The van der Waals surface area contributed by atoms with Gasteiger partial charge in [-0.2, -0.15) is 0 Å². The quantitative estimate of drug-likeness (QED) is 0.824. The number of halogens is 2. The van der Waals surface area contributed by atoms with Gasteiger partial charge >= 0.3 is 0 Å². The van der Waals surface area contributed by atoms with E-state index in [-0.39, 0.29) is 18.3 Å². The summed E-state index contributed by atoms with van der Waals surface area (Å²) < 4.78 is 32.8. The van der Waals surface area contributed by atoms with E-state index in [9.17, 15) is 18.7 Å². The van der Waals surface area contributed by atoms with Gasteiger partial charge in [0.15, 0.2) is 0 Å². The highest BCUT2D eigenvalue weighted by Crippen LogP contribution is 2.27. The Hall–Kier alpha value is -2.51. The van der Waals surface area contributed by atoms with Gasteiger partial charge in [0.25, 0.3) is 0 Å². The van der Waals surface area contributed by atoms with Gasteiger partial charge in [0, 0.05) is 30.4 Å². The first-order valence-corrected chi connectivity index (χ1v) is 9.16. The molecular weight excluding hydrogens is 366 g/mol. The van der Waals surface area contributed by atoms with Gasteiger partial charge in [0.1, 0.15) is 29.1 Å². The van der Waals surface area contributed by atoms with Gasteiger partial charge in [-0.25, -0.2) is 8.78 Å². The number of hydrogen-bond donors (Lipinski definition) is 2. The molecular formula is C21H24F2N2O3. The Labute approximate surface area is 162 Å². The first-order chi connectivity index (χ1) is 13.2. The second-order valence-electron chi connectivity index (χ2n) is 7.37. The van der Waals surface area contributed by atoms with Crippen molar-refractivity contribution in [3.8, 4) is 5.75 Å². The molecule has 2 N–H and O–H groups in total. The third kappa shape index (κ3) is 4.85. The van der Waals surface area contributed by atoms with Crippen LogP contribution in [0, 0.1) is 18.6 Å². The molecule has 0 bridgehead atoms. The summed E-state index contributed by atoms with van der Waals surface area (Å²) in [5.74, 6) is -0.753. The minimum atomic E-state index is -1.10. The fraction of sp³-hybridized carbons (Fsp3) is 0.381. The van der Waals surface area contributed by atoms with Crippen LogP contribution in [0.15, 0.2) is 42.5 Å². The largest absolute Gasteiger partial charge is 0.486 e. The van der Waals surface area contributed by atoms with Crippen molar-refractivity contribution in [1.82, 2.24) is 4.90 Å². The molecule has 0 spiro atoms. The Balaban J connectivity index is 1.63. The molecule has 7 heteroatoms. The first-order valence-electron chi connectivity index (χ1n) is 9.16. The number of hydrogen-bond acceptors (Lipinski definition) is 4. The number of rotatable bonds is 5. The molecule has 1 saturated heterocycles. The van der Waals surface area contributed by atoms with Crippen LogP contribution in [-0.4, -0.2) is 47.3 Å². The second-order valence-corrected chi connectivity index (χ2v) is 7.37. The van der Waals surface area contributed by atoms with E-state index in [0.29, 0.717) is 36.5 Å². The van der Waals surface area contributed by atoms with Crippen LogP contribution in [0.5, 0.6) is 5.75 Å². The van der Waals surface area contributed by atoms with Crippen molar-refractivity contribution in [3.63, 3.8) is 0 Å². The lowest BCUT2D eigenvalue weighted by Crippen LogP contribution is -2.57. The van der Waals surface area contributed by atoms with Gasteiger partial charge in [-0.15, -0.1) is 0 Å². The number of aliphatic hydroxyl groups is 1. The Bertz CT molecular complexity index is 857. The highest BCUT2D eigenvalue weighted by molar-refractivity contribution is 5.93. The average Bonchev–Trinajstić information content (AvgIpc) is 2.62. The standard InChI is InChI=1S/C21H24F2N2O3/c1-14-17(23)7-4-8-18(14)24-20(26)13-25-10-9-21(2,27)19(12-25)28-16-6-3-5-15(22)11-16/h3-8,11,19,27H,9-10,12-13H2,1-2H3,(H,24,26)/t19-,21-/m0/s1. The third-order valence-corrected chi connectivity index (χ3v) is 5.04. The Morgan fingerprint density at radius 3 is 2.82 bits per heavy atom. The Morgan fingerprint density at radius 2 is 2.07 bits per heavy atom. The summed E-state index contributed by atoms with van der Waals surface area (Å²) in [7, 11) is 0. The van der Waals surface area contributed by atoms with Crippen LogP contribution in [0.4, 0.5) is 14.5 Å². The number of nitrogens with zero attached hydrogens (tertiary/aromatic N) is 1. The number of anilines is 1. The highest BCUT2D eigenvalue weighted by atomic mass is 19.1. The number of benzene rings is 2. The maximum atomic E-state index is 13.6. The number of carbonyl (C=O) groups is 1. The predicted octanol–water partition coefficient (Wildman–Crippen LogP) is 3.12. The Morgan fingerprint density at radius 1 is 1.32 bits per heavy atom. The van der Waals surface area contributed by atoms with Crippen molar-refractivity contribution >= 4 is 11.6 Å². The van der Waals surface area contributed by atoms with E-state index in [1.54, 1.807) is 32.0 Å². The molecule has 2 aromatic carbocycles. The van der Waals surface area contributed by atoms with Crippen LogP contribution in [0.3, 0.4) is 0 Å². The van der Waals surface area contributed by atoms with Gasteiger partial charge in [-0.05, 0) is 44.5 Å². The normalized spacial score (nSPS) is 22.7. The molecule has 1 aliphatic rings. The summed E-state index contributed by atoms with van der Waals surface area (Å²) in [5, 5.41) is 13.3. The van der Waals surface area contributed by atoms with Crippen molar-refractivity contribution < 1.29 is 23.4 Å². The molecule has 0 saturated carbocycles. The number of ether oxygens (including phenoxy) is 1. The molecule has 0 aliphatic carbocycles. The third-order valence-electron chi connectivity index (χ3n) is 5.04. The zero-order valence-electron chi connectivity index (χ0n) is 15.9. The van der Waals surface area contributed by atoms with Crippen LogP contribution < -0.4 is 10.1 Å². The van der Waals surface area contributed by atoms with Crippen LogP contribution in [0.25, 0.3) is 0 Å². The van der Waals surface area contributed by atoms with E-state index < -0.39 is 17.5 Å². The van der Waals surface area contributed by atoms with E-state index in [2.05, 4.69) is 5.32 Å². The second kappa shape index (κ2) is 8.24. The van der Waals surface area contributed by atoms with Crippen LogP contribution >= 0.6 is 0 Å². The fourth-order valence-corrected chi connectivity index (χ4v) is 3.22. The summed E-state index contributed by atoms with van der Waals surface area (Å²) >= 11 is 0. The Kier molecular flexibility index (Phi) is 5.96. The van der Waals surface area contributed by atoms with Crippen LogP contribution in [0.1, 0.15) is 18.9 Å². The summed E-state index contributed by atoms with van der Waals surface area (Å²) in [4.78, 5) is 14.2. The molecule has 1 amide bonds. The molecule has 1 fully saturated rings. The molecule has 5 nitrogen and oxygen atoms in total. The number of likely N-dealkylation sites (tertiary alicyclic amines) is 1. The lowest BCUT2D eigenvalue weighted by atomic mass is 9.90. The van der Waals surface area contributed by atoms with E-state index in [0.717, 1.165) is 0 Å². The minimum Gasteiger partial charge on any atom is -0.486 e. The van der Waals surface area contributed by atoms with Gasteiger partial charge in [0.2, 0.25) is 5.91 Å².